The SMILES string of the molecule is CC(C)(C)[C]1[CH]C(=O)[CH][C](C(C)(C)C)C1=O.[CH]1[CH]CC[CH][CH]CC1.[Pt]. The third-order valence-corrected chi connectivity index (χ3v) is 4.01. The van der Waals surface area contributed by atoms with Gasteiger partial charge in [0.15, 0.2) is 0 Å². The van der Waals surface area contributed by atoms with Crippen LogP contribution in [-0.4, -0.2) is 11.6 Å². The summed E-state index contributed by atoms with van der Waals surface area (Å²) in [6.45, 7) is 11.7. The van der Waals surface area contributed by atoms with Gasteiger partial charge in [-0.1, -0.05) is 41.5 Å². The molecule has 25 heavy (non-hydrogen) atoms. The molecular weight excluding hydrogens is 491 g/mol. The summed E-state index contributed by atoms with van der Waals surface area (Å²) in [5.41, 5.74) is -0.561. The van der Waals surface area contributed by atoms with Crippen LogP contribution in [0.3, 0.4) is 0 Å². The van der Waals surface area contributed by atoms with Crippen LogP contribution in [-0.2, 0) is 30.7 Å². The predicted molar refractivity (Wildman–Crippen MR) is 99.7 cm³/mol. The van der Waals surface area contributed by atoms with E-state index in [4.69, 9.17) is 0 Å². The van der Waals surface area contributed by atoms with Crippen LogP contribution in [0.2, 0.25) is 0 Å². The molecule has 2 aliphatic rings. The van der Waals surface area contributed by atoms with Crippen molar-refractivity contribution < 1.29 is 30.7 Å². The van der Waals surface area contributed by atoms with Gasteiger partial charge in [-0.25, -0.2) is 0 Å². The number of ketones is 2. The molecule has 0 aromatic heterocycles. The first-order valence-corrected chi connectivity index (χ1v) is 8.86. The van der Waals surface area contributed by atoms with Gasteiger partial charge in [0, 0.05) is 33.9 Å². The zero-order valence-electron chi connectivity index (χ0n) is 16.4. The van der Waals surface area contributed by atoms with Crippen molar-refractivity contribution in [3.63, 3.8) is 0 Å². The van der Waals surface area contributed by atoms with E-state index in [0.717, 1.165) is 0 Å². The Morgan fingerprint density at radius 3 is 1.16 bits per heavy atom. The number of carbonyl (C=O) groups excluding carboxylic acids is 2. The second kappa shape index (κ2) is 11.0. The molecule has 0 saturated heterocycles. The average Bonchev–Trinajstić information content (AvgIpc) is 2.38. The molecule has 0 bridgehead atoms. The van der Waals surface area contributed by atoms with Crippen molar-refractivity contribution in [2.24, 2.45) is 10.8 Å². The number of hydrogen-bond acceptors (Lipinski definition) is 2. The summed E-state index contributed by atoms with van der Waals surface area (Å²) < 4.78 is 0. The zero-order chi connectivity index (χ0) is 18.4. The molecular formula is C22H32O2Pt. The largest absolute Gasteiger partial charge is 0.299 e. The van der Waals surface area contributed by atoms with Crippen LogP contribution in [0.15, 0.2) is 0 Å². The number of rotatable bonds is 0. The fourth-order valence-electron chi connectivity index (χ4n) is 2.57. The Labute approximate surface area is 170 Å². The monoisotopic (exact) mass is 523 g/mol. The van der Waals surface area contributed by atoms with Crippen LogP contribution >= 0.6 is 0 Å². The Bertz CT molecular complexity index is 363. The van der Waals surface area contributed by atoms with E-state index in [1.54, 1.807) is 0 Å². The van der Waals surface area contributed by atoms with E-state index in [2.05, 4.69) is 25.7 Å². The van der Waals surface area contributed by atoms with E-state index < -0.39 is 0 Å². The van der Waals surface area contributed by atoms with Crippen molar-refractivity contribution in [2.75, 3.05) is 0 Å². The average molecular weight is 524 g/mol. The Hall–Kier alpha value is 0.0283. The minimum Gasteiger partial charge on any atom is -0.299 e. The van der Waals surface area contributed by atoms with Crippen molar-refractivity contribution in [1.29, 1.82) is 0 Å². The van der Waals surface area contributed by atoms with Gasteiger partial charge in [-0.15, -0.1) is 0 Å². The normalized spacial score (nSPS) is 21.5. The van der Waals surface area contributed by atoms with E-state index in [0.29, 0.717) is 11.8 Å². The van der Waals surface area contributed by atoms with Crippen molar-refractivity contribution in [3.05, 3.63) is 50.4 Å². The Morgan fingerprint density at radius 1 is 0.640 bits per heavy atom. The van der Waals surface area contributed by atoms with Gasteiger partial charge < -0.3 is 0 Å². The van der Waals surface area contributed by atoms with Crippen molar-refractivity contribution >= 4 is 11.6 Å². The minimum absolute atomic E-state index is 0. The molecule has 2 rings (SSSR count). The summed E-state index contributed by atoms with van der Waals surface area (Å²) in [6.07, 6.45) is 16.9. The molecule has 2 saturated carbocycles. The molecule has 8 radical (unpaired) electrons. The topological polar surface area (TPSA) is 34.1 Å². The second-order valence-electron chi connectivity index (χ2n) is 8.45. The zero-order valence-corrected chi connectivity index (χ0v) is 18.7. The molecule has 0 aromatic rings. The van der Waals surface area contributed by atoms with E-state index in [-0.39, 0.29) is 43.5 Å². The summed E-state index contributed by atoms with van der Waals surface area (Å²) in [5, 5.41) is 0. The first-order chi connectivity index (χ1) is 11.0. The molecule has 142 valence electrons. The van der Waals surface area contributed by atoms with Crippen LogP contribution < -0.4 is 0 Å². The molecule has 0 spiro atoms. The molecule has 0 heterocycles. The molecule has 0 aromatic carbocycles. The van der Waals surface area contributed by atoms with Gasteiger partial charge in [-0.05, 0) is 62.2 Å². The molecule has 3 heteroatoms. The van der Waals surface area contributed by atoms with Gasteiger partial charge >= 0.3 is 0 Å². The van der Waals surface area contributed by atoms with Crippen molar-refractivity contribution in [1.82, 2.24) is 0 Å². The third-order valence-electron chi connectivity index (χ3n) is 4.01. The van der Waals surface area contributed by atoms with E-state index in [1.807, 2.05) is 41.5 Å². The molecule has 0 amide bonds. The van der Waals surface area contributed by atoms with E-state index in [9.17, 15) is 9.59 Å². The maximum atomic E-state index is 12.3. The summed E-state index contributed by atoms with van der Waals surface area (Å²) in [5.74, 6) is 1.17. The Kier molecular flexibility index (Phi) is 11.0. The molecule has 0 aliphatic heterocycles. The van der Waals surface area contributed by atoms with Gasteiger partial charge in [0.2, 0.25) is 0 Å². The quantitative estimate of drug-likeness (QED) is 0.440. The van der Waals surface area contributed by atoms with Crippen molar-refractivity contribution in [2.45, 2.75) is 67.2 Å². The maximum Gasteiger partial charge on any atom is 0.149 e. The van der Waals surface area contributed by atoms with Gasteiger partial charge in [0.1, 0.15) is 11.6 Å². The van der Waals surface area contributed by atoms with Gasteiger partial charge in [0.05, 0.1) is 11.8 Å². The molecule has 2 aliphatic carbocycles. The smallest absolute Gasteiger partial charge is 0.149 e. The molecule has 0 atom stereocenters. The summed E-state index contributed by atoms with van der Waals surface area (Å²) in [4.78, 5) is 23.9. The summed E-state index contributed by atoms with van der Waals surface area (Å²) in [6, 6.07) is 0. The van der Waals surface area contributed by atoms with E-state index >= 15 is 0 Å². The van der Waals surface area contributed by atoms with Gasteiger partial charge in [0.25, 0.3) is 0 Å². The van der Waals surface area contributed by atoms with Crippen LogP contribution in [0, 0.1) is 61.2 Å². The number of hydrogen-bond donors (Lipinski definition) is 0. The van der Waals surface area contributed by atoms with Crippen LogP contribution in [0.5, 0.6) is 0 Å². The van der Waals surface area contributed by atoms with Crippen LogP contribution in [0.25, 0.3) is 0 Å². The standard InChI is InChI=1S/C14H20O2.C8H12.Pt/c1-13(2,3)10-7-9(15)8-11(12(10)16)14(4,5)6;1-2-4-6-8-7-5-3-1;/h7-8H,1-6H3;1-2,7-8H,3-6H2;. The minimum atomic E-state index is -0.280. The maximum absolute atomic E-state index is 12.3. The molecule has 0 N–H and O–H groups in total. The first-order valence-electron chi connectivity index (χ1n) is 8.86. The molecule has 2 fully saturated rings. The first kappa shape index (κ1) is 25.0. The summed E-state index contributed by atoms with van der Waals surface area (Å²) in [7, 11) is 0. The Balaban J connectivity index is 0.000000540. The van der Waals surface area contributed by atoms with Crippen LogP contribution in [0.4, 0.5) is 0 Å². The fourth-order valence-corrected chi connectivity index (χ4v) is 2.57. The van der Waals surface area contributed by atoms with Crippen molar-refractivity contribution in [3.8, 4) is 0 Å². The Morgan fingerprint density at radius 2 is 0.920 bits per heavy atom. The predicted octanol–water partition coefficient (Wildman–Crippen LogP) is 5.16. The van der Waals surface area contributed by atoms with Gasteiger partial charge in [-0.3, -0.25) is 9.59 Å². The fraction of sp³-hybridized carbons (Fsp3) is 0.545. The molecule has 0 unspecified atom stereocenters. The van der Waals surface area contributed by atoms with Crippen LogP contribution in [0.1, 0.15) is 67.2 Å². The number of Topliss-reactive ketones (excluding diaryl/α,β-unsaturated/α-hetero) is 2. The summed E-state index contributed by atoms with van der Waals surface area (Å²) >= 11 is 0. The second-order valence-corrected chi connectivity index (χ2v) is 8.45. The third kappa shape index (κ3) is 8.98. The van der Waals surface area contributed by atoms with E-state index in [1.165, 1.54) is 38.5 Å². The number of carbonyl (C=O) groups is 2. The van der Waals surface area contributed by atoms with Gasteiger partial charge in [-0.2, -0.15) is 0 Å². The molecule has 2 nitrogen and oxygen atoms in total.